The van der Waals surface area contributed by atoms with Crippen molar-refractivity contribution in [2.24, 2.45) is 0 Å². The Labute approximate surface area is 72.7 Å². The fourth-order valence-corrected chi connectivity index (χ4v) is 0.390. The van der Waals surface area contributed by atoms with Gasteiger partial charge in [-0.2, -0.15) is 0 Å². The lowest BCUT2D eigenvalue weighted by atomic mass is 10.4. The Balaban J connectivity index is 3.84. The molecular formula is C11H10O. The van der Waals surface area contributed by atoms with Gasteiger partial charge in [0.2, 0.25) is 0 Å². The standard InChI is InChI=1S/C11H10O/c1-3-5-7-9-11-12-10-8-6-4-2/h4,8,10-11H,1-2,6H2. The van der Waals surface area contributed by atoms with E-state index in [1.807, 2.05) is 6.08 Å². The van der Waals surface area contributed by atoms with Gasteiger partial charge in [0.25, 0.3) is 0 Å². The van der Waals surface area contributed by atoms with E-state index in [1.165, 1.54) is 6.26 Å². The zero-order valence-electron chi connectivity index (χ0n) is 6.84. The van der Waals surface area contributed by atoms with E-state index in [9.17, 15) is 0 Å². The van der Waals surface area contributed by atoms with E-state index in [-0.39, 0.29) is 0 Å². The molecule has 12 heavy (non-hydrogen) atoms. The largest absolute Gasteiger partial charge is 0.464 e. The summed E-state index contributed by atoms with van der Waals surface area (Å²) in [5, 5.41) is 0. The molecule has 0 saturated carbocycles. The summed E-state index contributed by atoms with van der Waals surface area (Å²) in [4.78, 5) is 0. The molecule has 0 saturated heterocycles. The van der Waals surface area contributed by atoms with Crippen LogP contribution in [0.4, 0.5) is 0 Å². The highest BCUT2D eigenvalue weighted by molar-refractivity contribution is 4.86. The SMILES string of the molecule is C=C=C=C=C=COC=CCC=C. The van der Waals surface area contributed by atoms with Gasteiger partial charge in [-0.25, -0.2) is 0 Å². The van der Waals surface area contributed by atoms with E-state index >= 15 is 0 Å². The molecule has 0 aromatic carbocycles. The van der Waals surface area contributed by atoms with Crippen LogP contribution < -0.4 is 0 Å². The van der Waals surface area contributed by atoms with Crippen molar-refractivity contribution in [3.8, 4) is 0 Å². The molecule has 0 radical (unpaired) electrons. The molecule has 60 valence electrons. The monoisotopic (exact) mass is 158 g/mol. The molecule has 0 aliphatic carbocycles. The maximum atomic E-state index is 4.87. The molecule has 0 aliphatic rings. The smallest absolute Gasteiger partial charge is 0.141 e. The lowest BCUT2D eigenvalue weighted by Gasteiger charge is -1.82. The first-order valence-corrected chi connectivity index (χ1v) is 3.42. The first-order chi connectivity index (χ1) is 5.91. The van der Waals surface area contributed by atoms with E-state index in [4.69, 9.17) is 4.74 Å². The third kappa shape index (κ3) is 8.14. The summed E-state index contributed by atoms with van der Waals surface area (Å²) < 4.78 is 4.87. The number of hydrogen-bond acceptors (Lipinski definition) is 1. The normalized spacial score (nSPS) is 7.33. The minimum atomic E-state index is 0.792. The third-order valence-electron chi connectivity index (χ3n) is 0.828. The van der Waals surface area contributed by atoms with Gasteiger partial charge in [0.1, 0.15) is 6.26 Å². The molecular weight excluding hydrogens is 148 g/mol. The molecule has 0 rings (SSSR count). The Morgan fingerprint density at radius 1 is 1.33 bits per heavy atom. The quantitative estimate of drug-likeness (QED) is 0.347. The zero-order chi connectivity index (χ0) is 9.07. The molecule has 0 fully saturated rings. The Morgan fingerprint density at radius 2 is 2.17 bits per heavy atom. The van der Waals surface area contributed by atoms with Crippen molar-refractivity contribution in [1.82, 2.24) is 0 Å². The minimum Gasteiger partial charge on any atom is -0.464 e. The number of rotatable bonds is 4. The summed E-state index contributed by atoms with van der Waals surface area (Å²) in [5.41, 5.74) is 9.97. The highest BCUT2D eigenvalue weighted by atomic mass is 16.5. The molecule has 0 N–H and O–H groups in total. The Bertz CT molecular complexity index is 298. The molecule has 1 nitrogen and oxygen atoms in total. The van der Waals surface area contributed by atoms with Gasteiger partial charge < -0.3 is 4.74 Å². The fraction of sp³-hybridized carbons (Fsp3) is 0.0909. The van der Waals surface area contributed by atoms with Crippen LogP contribution in [0.5, 0.6) is 0 Å². The van der Waals surface area contributed by atoms with E-state index in [0.29, 0.717) is 0 Å². The number of ether oxygens (including phenoxy) is 1. The van der Waals surface area contributed by atoms with Gasteiger partial charge in [-0.3, -0.25) is 0 Å². The second-order valence-electron chi connectivity index (χ2n) is 1.72. The van der Waals surface area contributed by atoms with Crippen molar-refractivity contribution in [2.45, 2.75) is 6.42 Å². The third-order valence-corrected chi connectivity index (χ3v) is 0.828. The van der Waals surface area contributed by atoms with Crippen molar-refractivity contribution in [1.29, 1.82) is 0 Å². The molecule has 0 bridgehead atoms. The molecule has 0 spiro atoms. The molecule has 0 aromatic heterocycles. The van der Waals surface area contributed by atoms with Crippen LogP contribution in [-0.4, -0.2) is 0 Å². The van der Waals surface area contributed by atoms with Crippen LogP contribution in [0.3, 0.4) is 0 Å². The lowest BCUT2D eigenvalue weighted by molar-refractivity contribution is 0.402. The van der Waals surface area contributed by atoms with Crippen molar-refractivity contribution < 1.29 is 4.74 Å². The van der Waals surface area contributed by atoms with Crippen LogP contribution in [0, 0.1) is 0 Å². The summed E-state index contributed by atoms with van der Waals surface area (Å²) in [6.07, 6.45) is 7.32. The molecule has 0 atom stereocenters. The highest BCUT2D eigenvalue weighted by Gasteiger charge is 1.66. The van der Waals surface area contributed by atoms with Crippen molar-refractivity contribution in [3.05, 3.63) is 60.8 Å². The summed E-state index contributed by atoms with van der Waals surface area (Å²) in [5.74, 6) is 0. The van der Waals surface area contributed by atoms with E-state index in [0.717, 1.165) is 6.42 Å². The summed E-state index contributed by atoms with van der Waals surface area (Å²) >= 11 is 0. The summed E-state index contributed by atoms with van der Waals surface area (Å²) in [6, 6.07) is 0. The van der Waals surface area contributed by atoms with E-state index in [2.05, 4.69) is 36.1 Å². The Hall–Kier alpha value is -1.86. The molecule has 1 heteroatoms. The van der Waals surface area contributed by atoms with Gasteiger partial charge in [0.05, 0.1) is 6.26 Å². The van der Waals surface area contributed by atoms with Crippen LogP contribution in [0.15, 0.2) is 60.8 Å². The van der Waals surface area contributed by atoms with Gasteiger partial charge in [-0.15, -0.1) is 6.58 Å². The average Bonchev–Trinajstić information content (AvgIpc) is 2.10. The van der Waals surface area contributed by atoms with E-state index in [1.54, 1.807) is 12.3 Å². The molecule has 0 aliphatic heterocycles. The fourth-order valence-electron chi connectivity index (χ4n) is 0.390. The van der Waals surface area contributed by atoms with Gasteiger partial charge in [-0.05, 0) is 36.3 Å². The van der Waals surface area contributed by atoms with Crippen molar-refractivity contribution in [2.75, 3.05) is 0 Å². The van der Waals surface area contributed by atoms with Gasteiger partial charge in [0.15, 0.2) is 0 Å². The second-order valence-corrected chi connectivity index (χ2v) is 1.72. The number of hydrogen-bond donors (Lipinski definition) is 0. The molecule has 0 heterocycles. The first-order valence-electron chi connectivity index (χ1n) is 3.42. The molecule has 0 amide bonds. The van der Waals surface area contributed by atoms with Crippen molar-refractivity contribution in [3.63, 3.8) is 0 Å². The Morgan fingerprint density at radius 3 is 2.83 bits per heavy atom. The van der Waals surface area contributed by atoms with Gasteiger partial charge >= 0.3 is 0 Å². The average molecular weight is 158 g/mol. The van der Waals surface area contributed by atoms with E-state index < -0.39 is 0 Å². The summed E-state index contributed by atoms with van der Waals surface area (Å²) in [6.45, 7) is 6.85. The maximum absolute atomic E-state index is 4.87. The van der Waals surface area contributed by atoms with Crippen LogP contribution in [-0.2, 0) is 4.74 Å². The molecule has 0 aromatic rings. The topological polar surface area (TPSA) is 9.23 Å². The van der Waals surface area contributed by atoms with Crippen LogP contribution in [0.2, 0.25) is 0 Å². The number of allylic oxidation sites excluding steroid dienone is 2. The minimum absolute atomic E-state index is 0.792. The van der Waals surface area contributed by atoms with Gasteiger partial charge in [-0.1, -0.05) is 11.8 Å². The first kappa shape index (κ1) is 10.1. The van der Waals surface area contributed by atoms with Crippen LogP contribution in [0.1, 0.15) is 6.42 Å². The lowest BCUT2D eigenvalue weighted by Crippen LogP contribution is -1.62. The van der Waals surface area contributed by atoms with Crippen molar-refractivity contribution >= 4 is 0 Å². The predicted molar refractivity (Wildman–Crippen MR) is 49.3 cm³/mol. The highest BCUT2D eigenvalue weighted by Crippen LogP contribution is 1.84. The zero-order valence-corrected chi connectivity index (χ0v) is 6.84. The Kier molecular flexibility index (Phi) is 7.72. The summed E-state index contributed by atoms with van der Waals surface area (Å²) in [7, 11) is 0. The molecule has 0 unspecified atom stereocenters. The maximum Gasteiger partial charge on any atom is 0.141 e. The van der Waals surface area contributed by atoms with Crippen LogP contribution >= 0.6 is 0 Å². The predicted octanol–water partition coefficient (Wildman–Crippen LogP) is 2.86. The van der Waals surface area contributed by atoms with Gasteiger partial charge in [0, 0.05) is 0 Å². The van der Waals surface area contributed by atoms with Crippen LogP contribution in [0.25, 0.3) is 0 Å². The second kappa shape index (κ2) is 9.14.